The second-order valence-electron chi connectivity index (χ2n) is 12.1. The van der Waals surface area contributed by atoms with Gasteiger partial charge in [-0.25, -0.2) is 0 Å². The van der Waals surface area contributed by atoms with E-state index in [9.17, 15) is 27.6 Å². The molecular weight excluding hydrogens is 561 g/mol. The number of piperidine rings is 1. The summed E-state index contributed by atoms with van der Waals surface area (Å²) in [5, 5.41) is 0.988. The number of fused-ring (bicyclic) bond motifs is 1. The number of furan rings is 1. The number of aliphatic imine (C=N–C) groups is 1. The van der Waals surface area contributed by atoms with Gasteiger partial charge in [0.2, 0.25) is 5.91 Å². The number of amides is 3. The van der Waals surface area contributed by atoms with E-state index < -0.39 is 17.6 Å². The van der Waals surface area contributed by atoms with Gasteiger partial charge in [0, 0.05) is 49.6 Å². The summed E-state index contributed by atoms with van der Waals surface area (Å²) in [6, 6.07) is 15.6. The molecule has 3 amide bonds. The predicted octanol–water partition coefficient (Wildman–Crippen LogP) is 4.87. The van der Waals surface area contributed by atoms with Crippen LogP contribution < -0.4 is 0 Å². The predicted molar refractivity (Wildman–Crippen MR) is 152 cm³/mol. The first-order valence-corrected chi connectivity index (χ1v) is 14.8. The normalized spacial score (nSPS) is 22.1. The van der Waals surface area contributed by atoms with E-state index in [1.807, 2.05) is 53.4 Å². The van der Waals surface area contributed by atoms with Gasteiger partial charge < -0.3 is 14.2 Å². The number of carbonyl (C=O) groups is 3. The zero-order valence-corrected chi connectivity index (χ0v) is 23.5. The minimum Gasteiger partial charge on any atom is -0.464 e. The van der Waals surface area contributed by atoms with E-state index in [2.05, 4.69) is 0 Å². The Kier molecular flexibility index (Phi) is 6.59. The molecule has 11 heteroatoms. The van der Waals surface area contributed by atoms with Gasteiger partial charge in [-0.1, -0.05) is 30.3 Å². The van der Waals surface area contributed by atoms with Crippen LogP contribution in [0.5, 0.6) is 0 Å². The molecule has 2 saturated heterocycles. The van der Waals surface area contributed by atoms with Crippen LogP contribution in [0.15, 0.2) is 64.2 Å². The minimum atomic E-state index is -4.96. The molecule has 1 atom stereocenters. The second-order valence-corrected chi connectivity index (χ2v) is 12.1. The molecule has 43 heavy (non-hydrogen) atoms. The first kappa shape index (κ1) is 27.7. The molecule has 4 heterocycles. The van der Waals surface area contributed by atoms with Crippen molar-refractivity contribution in [3.8, 4) is 11.1 Å². The zero-order valence-electron chi connectivity index (χ0n) is 23.5. The summed E-state index contributed by atoms with van der Waals surface area (Å²) in [6.45, 7) is 1.21. The number of carbonyl (C=O) groups excluding carboxylic acids is 3. The third kappa shape index (κ3) is 5.08. The Bertz CT molecular complexity index is 1620. The number of amidine groups is 1. The lowest BCUT2D eigenvalue weighted by Gasteiger charge is -2.36. The molecule has 2 aromatic carbocycles. The van der Waals surface area contributed by atoms with Gasteiger partial charge in [-0.2, -0.15) is 13.2 Å². The van der Waals surface area contributed by atoms with Crippen LogP contribution >= 0.6 is 0 Å². The van der Waals surface area contributed by atoms with Crippen molar-refractivity contribution in [2.75, 3.05) is 32.7 Å². The average molecular weight is 593 g/mol. The summed E-state index contributed by atoms with van der Waals surface area (Å²) in [7, 11) is 0. The summed E-state index contributed by atoms with van der Waals surface area (Å²) in [4.78, 5) is 47.8. The van der Waals surface area contributed by atoms with Gasteiger partial charge in [-0.05, 0) is 67.3 Å². The Hall–Kier alpha value is -4.15. The summed E-state index contributed by atoms with van der Waals surface area (Å²) in [5.41, 5.74) is 2.29. The summed E-state index contributed by atoms with van der Waals surface area (Å²) in [5.74, 6) is -1.26. The molecular formula is C32H31F3N4O4. The highest BCUT2D eigenvalue weighted by atomic mass is 19.4. The third-order valence-corrected chi connectivity index (χ3v) is 9.23. The monoisotopic (exact) mass is 592 g/mol. The lowest BCUT2D eigenvalue weighted by atomic mass is 9.87. The van der Waals surface area contributed by atoms with Gasteiger partial charge in [0.1, 0.15) is 17.0 Å². The largest absolute Gasteiger partial charge is 0.471 e. The van der Waals surface area contributed by atoms with Crippen LogP contribution in [0.1, 0.15) is 37.7 Å². The minimum absolute atomic E-state index is 0.0212. The molecule has 3 fully saturated rings. The van der Waals surface area contributed by atoms with Gasteiger partial charge in [0.15, 0.2) is 0 Å². The Balaban J connectivity index is 1.15. The molecule has 1 spiro atoms. The van der Waals surface area contributed by atoms with Gasteiger partial charge >= 0.3 is 12.1 Å². The molecule has 4 aliphatic rings. The quantitative estimate of drug-likeness (QED) is 0.423. The number of hydrogen-bond acceptors (Lipinski definition) is 5. The molecule has 3 aromatic rings. The van der Waals surface area contributed by atoms with Crippen molar-refractivity contribution < 1.29 is 32.0 Å². The van der Waals surface area contributed by atoms with E-state index in [-0.39, 0.29) is 49.6 Å². The summed E-state index contributed by atoms with van der Waals surface area (Å²) < 4.78 is 44.7. The van der Waals surface area contributed by atoms with Crippen LogP contribution in [0.25, 0.3) is 22.1 Å². The van der Waals surface area contributed by atoms with Crippen molar-refractivity contribution in [2.24, 2.45) is 16.8 Å². The van der Waals surface area contributed by atoms with Crippen molar-refractivity contribution >= 4 is 34.5 Å². The van der Waals surface area contributed by atoms with E-state index in [4.69, 9.17) is 9.41 Å². The SMILES string of the molecule is O=C(C1CC1)N1CCC(CN2C(=O)C3(CCN(C(=O)C(F)(F)F)CC3)N=C2c2ccc(-c3ccc4occc4c3)cc2)C1. The van der Waals surface area contributed by atoms with Crippen molar-refractivity contribution in [2.45, 2.75) is 43.8 Å². The molecule has 3 aliphatic heterocycles. The van der Waals surface area contributed by atoms with Gasteiger partial charge in [-0.15, -0.1) is 0 Å². The fraction of sp³-hybridized carbons (Fsp3) is 0.438. The zero-order chi connectivity index (χ0) is 29.9. The van der Waals surface area contributed by atoms with Crippen molar-refractivity contribution in [1.29, 1.82) is 0 Å². The van der Waals surface area contributed by atoms with E-state index in [1.165, 1.54) is 0 Å². The van der Waals surface area contributed by atoms with E-state index >= 15 is 0 Å². The molecule has 1 saturated carbocycles. The first-order valence-electron chi connectivity index (χ1n) is 14.8. The topological polar surface area (TPSA) is 86.4 Å². The van der Waals surface area contributed by atoms with E-state index in [0.717, 1.165) is 51.8 Å². The number of rotatable bonds is 5. The molecule has 1 unspecified atom stereocenters. The van der Waals surface area contributed by atoms with Crippen LogP contribution in [0, 0.1) is 11.8 Å². The van der Waals surface area contributed by atoms with Crippen molar-refractivity contribution in [1.82, 2.24) is 14.7 Å². The fourth-order valence-electron chi connectivity index (χ4n) is 6.62. The summed E-state index contributed by atoms with van der Waals surface area (Å²) >= 11 is 0. The lowest BCUT2D eigenvalue weighted by molar-refractivity contribution is -0.187. The molecule has 224 valence electrons. The van der Waals surface area contributed by atoms with Gasteiger partial charge in [0.05, 0.1) is 6.26 Å². The average Bonchev–Trinajstić information content (AvgIpc) is 3.46. The maximum atomic E-state index is 14.0. The Morgan fingerprint density at radius 1 is 0.907 bits per heavy atom. The van der Waals surface area contributed by atoms with Gasteiger partial charge in [-0.3, -0.25) is 24.3 Å². The molecule has 1 aromatic heterocycles. The van der Waals surface area contributed by atoms with Crippen LogP contribution in [0.3, 0.4) is 0 Å². The van der Waals surface area contributed by atoms with Crippen LogP contribution in [0.2, 0.25) is 0 Å². The maximum absolute atomic E-state index is 14.0. The van der Waals surface area contributed by atoms with Crippen LogP contribution in [0.4, 0.5) is 13.2 Å². The highest BCUT2D eigenvalue weighted by molar-refractivity contribution is 6.15. The Morgan fingerprint density at radius 2 is 1.60 bits per heavy atom. The van der Waals surface area contributed by atoms with Crippen molar-refractivity contribution in [3.63, 3.8) is 0 Å². The molecule has 7 rings (SSSR count). The summed E-state index contributed by atoms with van der Waals surface area (Å²) in [6.07, 6.45) is -0.632. The number of likely N-dealkylation sites (tertiary alicyclic amines) is 2. The third-order valence-electron chi connectivity index (χ3n) is 9.23. The Morgan fingerprint density at radius 3 is 2.30 bits per heavy atom. The van der Waals surface area contributed by atoms with E-state index in [0.29, 0.717) is 25.5 Å². The van der Waals surface area contributed by atoms with Gasteiger partial charge in [0.25, 0.3) is 5.91 Å². The standard InChI is InChI=1S/C32H31F3N4O4/c33-32(34,35)30(42)37-14-11-31(12-15-37)29(41)39(19-20-9-13-38(18-20)28(40)23-5-6-23)27(36-31)22-3-1-21(2-4-22)24-7-8-26-25(17-24)10-16-43-26/h1-4,7-8,10,16-17,20,23H,5-6,9,11-15,18-19H2. The first-order chi connectivity index (χ1) is 20.6. The van der Waals surface area contributed by atoms with Crippen molar-refractivity contribution in [3.05, 3.63) is 60.4 Å². The van der Waals surface area contributed by atoms with Crippen LogP contribution in [-0.4, -0.2) is 82.7 Å². The molecule has 8 nitrogen and oxygen atoms in total. The second kappa shape index (κ2) is 10.2. The lowest BCUT2D eigenvalue weighted by Crippen LogP contribution is -2.54. The molecule has 0 bridgehead atoms. The number of halogens is 3. The number of hydrogen-bond donors (Lipinski definition) is 0. The maximum Gasteiger partial charge on any atom is 0.471 e. The smallest absolute Gasteiger partial charge is 0.464 e. The molecule has 0 radical (unpaired) electrons. The highest BCUT2D eigenvalue weighted by Gasteiger charge is 2.53. The number of benzene rings is 2. The fourth-order valence-corrected chi connectivity index (χ4v) is 6.62. The van der Waals surface area contributed by atoms with E-state index in [1.54, 1.807) is 11.2 Å². The number of alkyl halides is 3. The number of nitrogens with zero attached hydrogens (tertiary/aromatic N) is 4. The molecule has 0 N–H and O–H groups in total. The Labute approximate surface area is 246 Å². The molecule has 1 aliphatic carbocycles. The van der Waals surface area contributed by atoms with Crippen LogP contribution in [-0.2, 0) is 14.4 Å². The highest BCUT2D eigenvalue weighted by Crippen LogP contribution is 2.38.